The van der Waals surface area contributed by atoms with E-state index in [0.717, 1.165) is 6.04 Å². The average Bonchev–Trinajstić information content (AvgIpc) is 2.36. The maximum Gasteiger partial charge on any atom is 0.0220 e. The van der Waals surface area contributed by atoms with Crippen molar-refractivity contribution in [3.05, 3.63) is 0 Å². The molecule has 0 amide bonds. The third kappa shape index (κ3) is 6.42. The van der Waals surface area contributed by atoms with Gasteiger partial charge in [-0.05, 0) is 45.3 Å². The third-order valence-corrected chi connectivity index (χ3v) is 3.85. The molecule has 1 atom stereocenters. The molecule has 1 aliphatic rings. The van der Waals surface area contributed by atoms with Crippen molar-refractivity contribution >= 4 is 0 Å². The van der Waals surface area contributed by atoms with Gasteiger partial charge in [0.15, 0.2) is 0 Å². The van der Waals surface area contributed by atoms with Crippen molar-refractivity contribution in [1.82, 2.24) is 10.2 Å². The first-order valence-electron chi connectivity index (χ1n) is 7.83. The van der Waals surface area contributed by atoms with Crippen LogP contribution in [0.2, 0.25) is 0 Å². The normalized spacial score (nSPS) is 21.9. The van der Waals surface area contributed by atoms with Gasteiger partial charge in [-0.3, -0.25) is 4.90 Å². The highest BCUT2D eigenvalue weighted by Gasteiger charge is 2.20. The Morgan fingerprint density at radius 3 is 2.71 bits per heavy atom. The predicted octanol–water partition coefficient (Wildman–Crippen LogP) is 3.42. The lowest BCUT2D eigenvalue weighted by atomic mass is 10.0. The molecule has 1 unspecified atom stereocenters. The number of hydrogen-bond acceptors (Lipinski definition) is 2. The van der Waals surface area contributed by atoms with E-state index in [1.54, 1.807) is 0 Å². The summed E-state index contributed by atoms with van der Waals surface area (Å²) in [7, 11) is 0. The molecule has 0 aliphatic carbocycles. The van der Waals surface area contributed by atoms with Crippen LogP contribution in [-0.2, 0) is 0 Å². The fourth-order valence-electron chi connectivity index (χ4n) is 2.77. The van der Waals surface area contributed by atoms with E-state index in [-0.39, 0.29) is 0 Å². The number of piperidine rings is 1. The molecule has 1 aliphatic heterocycles. The molecule has 1 N–H and O–H groups in total. The lowest BCUT2D eigenvalue weighted by Gasteiger charge is -2.36. The zero-order valence-corrected chi connectivity index (χ0v) is 12.0. The summed E-state index contributed by atoms with van der Waals surface area (Å²) < 4.78 is 0. The first-order valence-corrected chi connectivity index (χ1v) is 7.83. The monoisotopic (exact) mass is 240 g/mol. The minimum atomic E-state index is 0.817. The minimum Gasteiger partial charge on any atom is -0.315 e. The van der Waals surface area contributed by atoms with Gasteiger partial charge in [0.2, 0.25) is 0 Å². The molecule has 0 bridgehead atoms. The van der Waals surface area contributed by atoms with Crippen LogP contribution < -0.4 is 5.32 Å². The van der Waals surface area contributed by atoms with Crippen molar-refractivity contribution in [2.75, 3.05) is 26.2 Å². The zero-order chi connectivity index (χ0) is 12.3. The first-order chi connectivity index (χ1) is 8.38. The Bertz CT molecular complexity index is 170. The Hall–Kier alpha value is -0.0800. The van der Waals surface area contributed by atoms with Crippen LogP contribution in [-0.4, -0.2) is 37.1 Å². The highest BCUT2D eigenvalue weighted by atomic mass is 15.2. The molecule has 0 aromatic carbocycles. The Balaban J connectivity index is 2.17. The zero-order valence-electron chi connectivity index (χ0n) is 12.0. The van der Waals surface area contributed by atoms with Crippen molar-refractivity contribution in [3.63, 3.8) is 0 Å². The molecular formula is C15H32N2. The van der Waals surface area contributed by atoms with Gasteiger partial charge in [0.05, 0.1) is 0 Å². The van der Waals surface area contributed by atoms with Crippen molar-refractivity contribution in [3.8, 4) is 0 Å². The number of hydrogen-bond donors (Lipinski definition) is 1. The summed E-state index contributed by atoms with van der Waals surface area (Å²) in [6.07, 6.45) is 11.1. The minimum absolute atomic E-state index is 0.817. The number of nitrogens with one attached hydrogen (secondary N) is 1. The fraction of sp³-hybridized carbons (Fsp3) is 1.00. The summed E-state index contributed by atoms with van der Waals surface area (Å²) in [5.74, 6) is 0. The van der Waals surface area contributed by atoms with Gasteiger partial charge in [0.1, 0.15) is 0 Å². The quantitative estimate of drug-likeness (QED) is 0.621. The van der Waals surface area contributed by atoms with Crippen molar-refractivity contribution in [2.45, 2.75) is 71.3 Å². The summed E-state index contributed by atoms with van der Waals surface area (Å²) in [6, 6.07) is 0.817. The Morgan fingerprint density at radius 1 is 1.06 bits per heavy atom. The molecule has 0 spiro atoms. The van der Waals surface area contributed by atoms with Gasteiger partial charge in [0, 0.05) is 12.6 Å². The molecular weight excluding hydrogens is 208 g/mol. The summed E-state index contributed by atoms with van der Waals surface area (Å²) in [4.78, 5) is 2.74. The van der Waals surface area contributed by atoms with Crippen molar-refractivity contribution in [1.29, 1.82) is 0 Å². The largest absolute Gasteiger partial charge is 0.315 e. The Morgan fingerprint density at radius 2 is 1.94 bits per heavy atom. The Labute approximate surface area is 108 Å². The highest BCUT2D eigenvalue weighted by molar-refractivity contribution is 4.78. The van der Waals surface area contributed by atoms with Gasteiger partial charge < -0.3 is 5.32 Å². The number of nitrogens with zero attached hydrogens (tertiary/aromatic N) is 1. The summed E-state index contributed by atoms with van der Waals surface area (Å²) in [5.41, 5.74) is 0. The lowest BCUT2D eigenvalue weighted by molar-refractivity contribution is 0.143. The summed E-state index contributed by atoms with van der Waals surface area (Å²) >= 11 is 0. The van der Waals surface area contributed by atoms with E-state index in [1.165, 1.54) is 77.5 Å². The molecule has 0 radical (unpaired) electrons. The van der Waals surface area contributed by atoms with Gasteiger partial charge in [-0.2, -0.15) is 0 Å². The second kappa shape index (κ2) is 9.90. The molecule has 1 saturated heterocycles. The molecule has 0 aromatic rings. The number of likely N-dealkylation sites (tertiary alicyclic amines) is 1. The molecule has 102 valence electrons. The van der Waals surface area contributed by atoms with E-state index in [2.05, 4.69) is 24.1 Å². The van der Waals surface area contributed by atoms with Gasteiger partial charge in [-0.1, -0.05) is 39.5 Å². The summed E-state index contributed by atoms with van der Waals surface area (Å²) in [5, 5.41) is 3.59. The molecule has 1 heterocycles. The number of rotatable bonds is 9. The highest BCUT2D eigenvalue weighted by Crippen LogP contribution is 2.17. The van der Waals surface area contributed by atoms with Crippen LogP contribution in [0, 0.1) is 0 Å². The lowest BCUT2D eigenvalue weighted by Crippen LogP contribution is -2.45. The smallest absolute Gasteiger partial charge is 0.0220 e. The van der Waals surface area contributed by atoms with Crippen LogP contribution in [0.25, 0.3) is 0 Å². The van der Waals surface area contributed by atoms with E-state index in [4.69, 9.17) is 0 Å². The second-order valence-electron chi connectivity index (χ2n) is 5.45. The SMILES string of the molecule is CCCCCCN1CCCCC1CNCCC. The molecule has 1 rings (SSSR count). The maximum absolute atomic E-state index is 3.59. The van der Waals surface area contributed by atoms with Crippen LogP contribution in [0.15, 0.2) is 0 Å². The molecule has 1 fully saturated rings. The van der Waals surface area contributed by atoms with Gasteiger partial charge in [0.25, 0.3) is 0 Å². The van der Waals surface area contributed by atoms with E-state index >= 15 is 0 Å². The van der Waals surface area contributed by atoms with E-state index in [0.29, 0.717) is 0 Å². The topological polar surface area (TPSA) is 15.3 Å². The van der Waals surface area contributed by atoms with Crippen molar-refractivity contribution in [2.24, 2.45) is 0 Å². The van der Waals surface area contributed by atoms with Gasteiger partial charge in [-0.15, -0.1) is 0 Å². The van der Waals surface area contributed by atoms with E-state index in [1.807, 2.05) is 0 Å². The summed E-state index contributed by atoms with van der Waals surface area (Å²) in [6.45, 7) is 9.60. The van der Waals surface area contributed by atoms with Crippen LogP contribution in [0.5, 0.6) is 0 Å². The maximum atomic E-state index is 3.59. The van der Waals surface area contributed by atoms with Gasteiger partial charge in [-0.25, -0.2) is 0 Å². The van der Waals surface area contributed by atoms with Crippen LogP contribution in [0.1, 0.15) is 65.2 Å². The standard InChI is InChI=1S/C15H32N2/c1-3-5-6-8-12-17-13-9-7-10-15(17)14-16-11-4-2/h15-16H,3-14H2,1-2H3. The Kier molecular flexibility index (Phi) is 8.72. The van der Waals surface area contributed by atoms with Gasteiger partial charge >= 0.3 is 0 Å². The van der Waals surface area contributed by atoms with E-state index < -0.39 is 0 Å². The molecule has 17 heavy (non-hydrogen) atoms. The molecule has 0 aromatic heterocycles. The average molecular weight is 240 g/mol. The number of unbranched alkanes of at least 4 members (excludes halogenated alkanes) is 3. The van der Waals surface area contributed by atoms with Crippen LogP contribution in [0.4, 0.5) is 0 Å². The predicted molar refractivity (Wildman–Crippen MR) is 76.5 cm³/mol. The second-order valence-corrected chi connectivity index (χ2v) is 5.45. The first kappa shape index (κ1) is 15.0. The van der Waals surface area contributed by atoms with Crippen LogP contribution in [0.3, 0.4) is 0 Å². The van der Waals surface area contributed by atoms with E-state index in [9.17, 15) is 0 Å². The fourth-order valence-corrected chi connectivity index (χ4v) is 2.77. The van der Waals surface area contributed by atoms with Crippen LogP contribution >= 0.6 is 0 Å². The molecule has 2 nitrogen and oxygen atoms in total. The molecule has 2 heteroatoms. The molecule has 0 saturated carbocycles. The third-order valence-electron chi connectivity index (χ3n) is 3.85. The van der Waals surface area contributed by atoms with Crippen molar-refractivity contribution < 1.29 is 0 Å².